The highest BCUT2D eigenvalue weighted by Crippen LogP contribution is 2.33. The second-order valence-corrected chi connectivity index (χ2v) is 6.45. The van der Waals surface area contributed by atoms with Gasteiger partial charge in [-0.15, -0.1) is 0 Å². The Kier molecular flexibility index (Phi) is 3.80. The lowest BCUT2D eigenvalue weighted by Gasteiger charge is -2.26. The lowest BCUT2D eigenvalue weighted by atomic mass is 9.93. The monoisotopic (exact) mass is 323 g/mol. The smallest absolute Gasteiger partial charge is 0.254 e. The first-order valence-electron chi connectivity index (χ1n) is 8.38. The van der Waals surface area contributed by atoms with Crippen molar-refractivity contribution >= 4 is 11.6 Å². The SMILES string of the molecule is CC(C)c1cc(NCC2CCOc3ccccc32)n2ncnc2n1. The third-order valence-corrected chi connectivity index (χ3v) is 4.48. The van der Waals surface area contributed by atoms with Crippen LogP contribution < -0.4 is 10.1 Å². The summed E-state index contributed by atoms with van der Waals surface area (Å²) in [6.45, 7) is 5.86. The van der Waals surface area contributed by atoms with Crippen LogP contribution in [0.4, 0.5) is 5.82 Å². The Balaban J connectivity index is 1.61. The molecule has 1 atom stereocenters. The zero-order valence-electron chi connectivity index (χ0n) is 13.9. The molecule has 6 nitrogen and oxygen atoms in total. The van der Waals surface area contributed by atoms with Gasteiger partial charge in [-0.05, 0) is 24.0 Å². The summed E-state index contributed by atoms with van der Waals surface area (Å²) in [5.74, 6) is 3.33. The summed E-state index contributed by atoms with van der Waals surface area (Å²) in [7, 11) is 0. The lowest BCUT2D eigenvalue weighted by Crippen LogP contribution is -2.21. The van der Waals surface area contributed by atoms with E-state index in [2.05, 4.69) is 52.4 Å². The van der Waals surface area contributed by atoms with Gasteiger partial charge in [-0.2, -0.15) is 14.6 Å². The fraction of sp³-hybridized carbons (Fsp3) is 0.389. The van der Waals surface area contributed by atoms with E-state index in [-0.39, 0.29) is 0 Å². The van der Waals surface area contributed by atoms with E-state index in [0.717, 1.165) is 36.8 Å². The van der Waals surface area contributed by atoms with Crippen LogP contribution >= 0.6 is 0 Å². The number of ether oxygens (including phenoxy) is 1. The zero-order chi connectivity index (χ0) is 16.5. The molecule has 4 rings (SSSR count). The average Bonchev–Trinajstić information content (AvgIpc) is 3.08. The molecule has 0 aliphatic carbocycles. The van der Waals surface area contributed by atoms with Crippen LogP contribution in [0.25, 0.3) is 5.78 Å². The molecule has 24 heavy (non-hydrogen) atoms. The number of hydrogen-bond donors (Lipinski definition) is 1. The molecule has 2 aromatic heterocycles. The van der Waals surface area contributed by atoms with Gasteiger partial charge < -0.3 is 10.1 Å². The maximum Gasteiger partial charge on any atom is 0.254 e. The molecular weight excluding hydrogens is 302 g/mol. The first kappa shape index (κ1) is 14.9. The highest BCUT2D eigenvalue weighted by molar-refractivity contribution is 5.47. The van der Waals surface area contributed by atoms with Gasteiger partial charge in [-0.25, -0.2) is 4.98 Å². The van der Waals surface area contributed by atoms with Crippen LogP contribution in [-0.4, -0.2) is 32.7 Å². The number of benzene rings is 1. The van der Waals surface area contributed by atoms with E-state index in [9.17, 15) is 0 Å². The Morgan fingerprint density at radius 2 is 2.21 bits per heavy atom. The number of anilines is 1. The molecule has 1 aromatic carbocycles. The van der Waals surface area contributed by atoms with Gasteiger partial charge in [0.05, 0.1) is 12.3 Å². The van der Waals surface area contributed by atoms with Crippen molar-refractivity contribution in [3.05, 3.63) is 47.9 Å². The first-order chi connectivity index (χ1) is 11.7. The Bertz CT molecular complexity index is 857. The van der Waals surface area contributed by atoms with Crippen molar-refractivity contribution in [1.29, 1.82) is 0 Å². The van der Waals surface area contributed by atoms with Gasteiger partial charge in [0.25, 0.3) is 5.78 Å². The minimum atomic E-state index is 0.344. The molecule has 0 fully saturated rings. The van der Waals surface area contributed by atoms with E-state index in [1.165, 1.54) is 5.56 Å². The number of hydrogen-bond acceptors (Lipinski definition) is 5. The van der Waals surface area contributed by atoms with Gasteiger partial charge in [0.15, 0.2) is 0 Å². The van der Waals surface area contributed by atoms with Gasteiger partial charge in [-0.3, -0.25) is 0 Å². The number of para-hydroxylation sites is 1. The summed E-state index contributed by atoms with van der Waals surface area (Å²) in [4.78, 5) is 8.79. The van der Waals surface area contributed by atoms with Crippen molar-refractivity contribution in [2.24, 2.45) is 0 Å². The number of rotatable bonds is 4. The molecule has 0 amide bonds. The Morgan fingerprint density at radius 3 is 3.08 bits per heavy atom. The summed E-state index contributed by atoms with van der Waals surface area (Å²) >= 11 is 0. The molecule has 1 unspecified atom stereocenters. The standard InChI is InChI=1S/C18H21N5O/c1-12(2)15-9-17(23-18(22-15)20-11-21-23)19-10-13-7-8-24-16-6-4-3-5-14(13)16/h3-6,9,11-13,19H,7-8,10H2,1-2H3. The lowest BCUT2D eigenvalue weighted by molar-refractivity contribution is 0.270. The van der Waals surface area contributed by atoms with Gasteiger partial charge >= 0.3 is 0 Å². The largest absolute Gasteiger partial charge is 0.493 e. The van der Waals surface area contributed by atoms with E-state index in [0.29, 0.717) is 17.6 Å². The predicted octanol–water partition coefficient (Wildman–Crippen LogP) is 3.23. The molecule has 0 saturated heterocycles. The van der Waals surface area contributed by atoms with Crippen molar-refractivity contribution in [1.82, 2.24) is 19.6 Å². The molecule has 0 bridgehead atoms. The summed E-state index contributed by atoms with van der Waals surface area (Å²) in [5, 5.41) is 7.83. The van der Waals surface area contributed by atoms with E-state index < -0.39 is 0 Å². The number of nitrogens with zero attached hydrogens (tertiary/aromatic N) is 4. The summed E-state index contributed by atoms with van der Waals surface area (Å²) in [6, 6.07) is 10.3. The molecule has 0 radical (unpaired) electrons. The molecule has 124 valence electrons. The van der Waals surface area contributed by atoms with Crippen LogP contribution in [0.2, 0.25) is 0 Å². The molecular formula is C18H21N5O. The third kappa shape index (κ3) is 2.68. The van der Waals surface area contributed by atoms with Crippen LogP contribution in [0.3, 0.4) is 0 Å². The fourth-order valence-electron chi connectivity index (χ4n) is 3.11. The second-order valence-electron chi connectivity index (χ2n) is 6.45. The van der Waals surface area contributed by atoms with E-state index >= 15 is 0 Å². The normalized spacial score (nSPS) is 16.9. The molecule has 1 aliphatic heterocycles. The average molecular weight is 323 g/mol. The fourth-order valence-corrected chi connectivity index (χ4v) is 3.11. The van der Waals surface area contributed by atoms with Crippen LogP contribution in [0.1, 0.15) is 43.4 Å². The van der Waals surface area contributed by atoms with Crippen molar-refractivity contribution in [3.63, 3.8) is 0 Å². The maximum atomic E-state index is 5.75. The summed E-state index contributed by atoms with van der Waals surface area (Å²) < 4.78 is 7.51. The maximum absolute atomic E-state index is 5.75. The number of nitrogens with one attached hydrogen (secondary N) is 1. The van der Waals surface area contributed by atoms with Gasteiger partial charge in [0.1, 0.15) is 17.9 Å². The molecule has 3 aromatic rings. The second kappa shape index (κ2) is 6.11. The zero-order valence-corrected chi connectivity index (χ0v) is 13.9. The van der Waals surface area contributed by atoms with Crippen molar-refractivity contribution in [2.75, 3.05) is 18.5 Å². The quantitative estimate of drug-likeness (QED) is 0.798. The van der Waals surface area contributed by atoms with Crippen LogP contribution in [0.5, 0.6) is 5.75 Å². The molecule has 1 N–H and O–H groups in total. The van der Waals surface area contributed by atoms with Crippen LogP contribution in [-0.2, 0) is 0 Å². The number of aromatic nitrogens is 4. The highest BCUT2D eigenvalue weighted by atomic mass is 16.5. The van der Waals surface area contributed by atoms with Gasteiger partial charge in [0.2, 0.25) is 0 Å². The predicted molar refractivity (Wildman–Crippen MR) is 92.7 cm³/mol. The Hall–Kier alpha value is -2.63. The number of fused-ring (bicyclic) bond motifs is 2. The molecule has 3 heterocycles. The van der Waals surface area contributed by atoms with Crippen LogP contribution in [0, 0.1) is 0 Å². The minimum Gasteiger partial charge on any atom is -0.493 e. The summed E-state index contributed by atoms with van der Waals surface area (Å²) in [6.07, 6.45) is 2.55. The molecule has 1 aliphatic rings. The summed E-state index contributed by atoms with van der Waals surface area (Å²) in [5.41, 5.74) is 2.29. The molecule has 6 heteroatoms. The van der Waals surface area contributed by atoms with Gasteiger partial charge in [-0.1, -0.05) is 32.0 Å². The minimum absolute atomic E-state index is 0.344. The van der Waals surface area contributed by atoms with Crippen LogP contribution in [0.15, 0.2) is 36.7 Å². The van der Waals surface area contributed by atoms with E-state index in [1.54, 1.807) is 10.8 Å². The van der Waals surface area contributed by atoms with E-state index in [4.69, 9.17) is 4.74 Å². The van der Waals surface area contributed by atoms with Crippen molar-refractivity contribution in [3.8, 4) is 5.75 Å². The van der Waals surface area contributed by atoms with Gasteiger partial charge in [0, 0.05) is 18.5 Å². The topological polar surface area (TPSA) is 64.3 Å². The third-order valence-electron chi connectivity index (χ3n) is 4.48. The van der Waals surface area contributed by atoms with Crippen molar-refractivity contribution in [2.45, 2.75) is 32.1 Å². The Labute approximate surface area is 140 Å². The van der Waals surface area contributed by atoms with E-state index in [1.807, 2.05) is 12.1 Å². The molecule has 0 saturated carbocycles. The highest BCUT2D eigenvalue weighted by Gasteiger charge is 2.21. The Morgan fingerprint density at radius 1 is 1.33 bits per heavy atom. The molecule has 0 spiro atoms. The first-order valence-corrected chi connectivity index (χ1v) is 8.38. The van der Waals surface area contributed by atoms with Crippen molar-refractivity contribution < 1.29 is 4.74 Å².